The summed E-state index contributed by atoms with van der Waals surface area (Å²) in [5.41, 5.74) is 1.65. The average Bonchev–Trinajstić information content (AvgIpc) is 2.59. The molecule has 0 aromatic heterocycles. The zero-order chi connectivity index (χ0) is 18.6. The van der Waals surface area contributed by atoms with Crippen molar-refractivity contribution in [1.29, 1.82) is 0 Å². The second-order valence-corrected chi connectivity index (χ2v) is 7.49. The number of nitrogens with zero attached hydrogens (tertiary/aromatic N) is 1. The minimum Gasteiger partial charge on any atom is -0.393 e. The van der Waals surface area contributed by atoms with Crippen LogP contribution >= 0.6 is 0 Å². The molecular formula is C20H30N2O3. The summed E-state index contributed by atoms with van der Waals surface area (Å²) in [6, 6.07) is 6.77. The van der Waals surface area contributed by atoms with Crippen LogP contribution in [0, 0.1) is 18.8 Å². The molecule has 3 atom stereocenters. The third-order valence-electron chi connectivity index (χ3n) is 4.98. The van der Waals surface area contributed by atoms with E-state index < -0.39 is 12.1 Å². The first-order valence-corrected chi connectivity index (χ1v) is 9.14. The van der Waals surface area contributed by atoms with E-state index in [1.165, 1.54) is 0 Å². The van der Waals surface area contributed by atoms with Crippen molar-refractivity contribution in [2.45, 2.75) is 52.7 Å². The summed E-state index contributed by atoms with van der Waals surface area (Å²) < 4.78 is 0. The molecule has 5 nitrogen and oxygen atoms in total. The van der Waals surface area contributed by atoms with E-state index in [4.69, 9.17) is 0 Å². The molecule has 1 heterocycles. The van der Waals surface area contributed by atoms with E-state index in [1.54, 1.807) is 24.0 Å². The van der Waals surface area contributed by atoms with Crippen molar-refractivity contribution >= 4 is 11.8 Å². The predicted molar refractivity (Wildman–Crippen MR) is 98.3 cm³/mol. The van der Waals surface area contributed by atoms with Gasteiger partial charge in [-0.2, -0.15) is 0 Å². The Labute approximate surface area is 150 Å². The van der Waals surface area contributed by atoms with Crippen molar-refractivity contribution < 1.29 is 14.7 Å². The number of aliphatic hydroxyl groups excluding tert-OH is 1. The van der Waals surface area contributed by atoms with Crippen molar-refractivity contribution in [2.75, 3.05) is 13.1 Å². The summed E-state index contributed by atoms with van der Waals surface area (Å²) in [7, 11) is 0. The second-order valence-electron chi connectivity index (χ2n) is 7.49. The minimum atomic E-state index is -0.554. The Kier molecular flexibility index (Phi) is 6.59. The van der Waals surface area contributed by atoms with Crippen LogP contribution in [0.25, 0.3) is 0 Å². The van der Waals surface area contributed by atoms with Gasteiger partial charge in [0.15, 0.2) is 0 Å². The minimum absolute atomic E-state index is 0.00572. The molecule has 1 aromatic rings. The number of hydrogen-bond acceptors (Lipinski definition) is 3. The van der Waals surface area contributed by atoms with E-state index in [9.17, 15) is 14.7 Å². The molecule has 2 N–H and O–H groups in total. The predicted octanol–water partition coefficient (Wildman–Crippen LogP) is 2.37. The third kappa shape index (κ3) is 5.05. The quantitative estimate of drug-likeness (QED) is 0.860. The first-order valence-electron chi connectivity index (χ1n) is 9.14. The first kappa shape index (κ1) is 19.4. The molecule has 1 aliphatic rings. The standard InChI is InChI=1S/C20H30N2O3/c1-13(2)18(21-19(24)16-9-7-14(3)8-10-16)20(25)22-11-5-6-17(12-22)15(4)23/h7-10,13,15,17-18,23H,5-6,11-12H2,1-4H3,(H,21,24). The van der Waals surface area contributed by atoms with E-state index in [0.717, 1.165) is 18.4 Å². The van der Waals surface area contributed by atoms with E-state index in [0.29, 0.717) is 18.7 Å². The van der Waals surface area contributed by atoms with Gasteiger partial charge in [0.2, 0.25) is 5.91 Å². The maximum absolute atomic E-state index is 13.0. The lowest BCUT2D eigenvalue weighted by atomic mass is 9.92. The van der Waals surface area contributed by atoms with E-state index in [1.807, 2.05) is 32.9 Å². The lowest BCUT2D eigenvalue weighted by Crippen LogP contribution is -2.54. The number of hydrogen-bond donors (Lipinski definition) is 2. The highest BCUT2D eigenvalue weighted by Crippen LogP contribution is 2.21. The maximum atomic E-state index is 13.0. The van der Waals surface area contributed by atoms with Gasteiger partial charge in [-0.25, -0.2) is 0 Å². The Morgan fingerprint density at radius 2 is 1.84 bits per heavy atom. The van der Waals surface area contributed by atoms with E-state index >= 15 is 0 Å². The molecule has 1 aromatic carbocycles. The number of benzene rings is 1. The van der Waals surface area contributed by atoms with Crippen molar-refractivity contribution in [2.24, 2.45) is 11.8 Å². The van der Waals surface area contributed by atoms with Crippen LogP contribution in [0.15, 0.2) is 24.3 Å². The molecule has 2 rings (SSSR count). The molecule has 2 amide bonds. The molecule has 25 heavy (non-hydrogen) atoms. The van der Waals surface area contributed by atoms with Gasteiger partial charge in [0, 0.05) is 24.6 Å². The highest BCUT2D eigenvalue weighted by molar-refractivity contribution is 5.97. The Bertz CT molecular complexity index is 595. The number of amides is 2. The van der Waals surface area contributed by atoms with E-state index in [2.05, 4.69) is 5.32 Å². The number of aryl methyl sites for hydroxylation is 1. The zero-order valence-corrected chi connectivity index (χ0v) is 15.7. The first-order chi connectivity index (χ1) is 11.8. The number of carbonyl (C=O) groups is 2. The number of rotatable bonds is 5. The van der Waals surface area contributed by atoms with Gasteiger partial charge in [-0.15, -0.1) is 0 Å². The fourth-order valence-corrected chi connectivity index (χ4v) is 3.24. The van der Waals surface area contributed by atoms with Gasteiger partial charge in [-0.1, -0.05) is 31.5 Å². The summed E-state index contributed by atoms with van der Waals surface area (Å²) in [5.74, 6) is -0.177. The molecule has 0 radical (unpaired) electrons. The monoisotopic (exact) mass is 346 g/mol. The van der Waals surface area contributed by atoms with Crippen LogP contribution in [-0.4, -0.2) is 47.1 Å². The Morgan fingerprint density at radius 1 is 1.20 bits per heavy atom. The fraction of sp³-hybridized carbons (Fsp3) is 0.600. The Morgan fingerprint density at radius 3 is 2.40 bits per heavy atom. The Balaban J connectivity index is 2.07. The molecule has 3 unspecified atom stereocenters. The Hall–Kier alpha value is -1.88. The molecule has 1 fully saturated rings. The van der Waals surface area contributed by atoms with Crippen LogP contribution in [0.2, 0.25) is 0 Å². The second kappa shape index (κ2) is 8.48. The summed E-state index contributed by atoms with van der Waals surface area (Å²) in [6.07, 6.45) is 1.40. The zero-order valence-electron chi connectivity index (χ0n) is 15.7. The van der Waals surface area contributed by atoms with Gasteiger partial charge in [0.05, 0.1) is 6.10 Å². The summed E-state index contributed by atoms with van der Waals surface area (Å²) in [4.78, 5) is 27.3. The van der Waals surface area contributed by atoms with Gasteiger partial charge in [0.1, 0.15) is 6.04 Å². The molecule has 0 saturated carbocycles. The molecule has 5 heteroatoms. The van der Waals surface area contributed by atoms with Crippen molar-refractivity contribution in [3.05, 3.63) is 35.4 Å². The number of piperidine rings is 1. The molecule has 0 bridgehead atoms. The summed E-state index contributed by atoms with van der Waals surface area (Å²) in [6.45, 7) is 8.86. The largest absolute Gasteiger partial charge is 0.393 e. The lowest BCUT2D eigenvalue weighted by molar-refractivity contribution is -0.137. The fourth-order valence-electron chi connectivity index (χ4n) is 3.24. The maximum Gasteiger partial charge on any atom is 0.251 e. The molecular weight excluding hydrogens is 316 g/mol. The normalized spacial score (nSPS) is 20.2. The van der Waals surface area contributed by atoms with Crippen LogP contribution in [-0.2, 0) is 4.79 Å². The molecule has 1 aliphatic heterocycles. The number of carbonyl (C=O) groups excluding carboxylic acids is 2. The van der Waals surface area contributed by atoms with Gasteiger partial charge in [-0.3, -0.25) is 9.59 Å². The highest BCUT2D eigenvalue weighted by Gasteiger charge is 2.33. The van der Waals surface area contributed by atoms with E-state index in [-0.39, 0.29) is 23.7 Å². The molecule has 1 saturated heterocycles. The SMILES string of the molecule is Cc1ccc(C(=O)NC(C(=O)N2CCCC(C(C)O)C2)C(C)C)cc1. The van der Waals surface area contributed by atoms with Gasteiger partial charge in [0.25, 0.3) is 5.91 Å². The third-order valence-corrected chi connectivity index (χ3v) is 4.98. The van der Waals surface area contributed by atoms with Gasteiger partial charge >= 0.3 is 0 Å². The average molecular weight is 346 g/mol. The van der Waals surface area contributed by atoms with Crippen LogP contribution in [0.1, 0.15) is 49.5 Å². The number of likely N-dealkylation sites (tertiary alicyclic amines) is 1. The van der Waals surface area contributed by atoms with Crippen LogP contribution < -0.4 is 5.32 Å². The van der Waals surface area contributed by atoms with Crippen LogP contribution in [0.4, 0.5) is 0 Å². The number of nitrogens with one attached hydrogen (secondary N) is 1. The number of aliphatic hydroxyl groups is 1. The summed E-state index contributed by atoms with van der Waals surface area (Å²) in [5, 5.41) is 12.7. The van der Waals surface area contributed by atoms with Crippen LogP contribution in [0.3, 0.4) is 0 Å². The molecule has 0 spiro atoms. The molecule has 0 aliphatic carbocycles. The smallest absolute Gasteiger partial charge is 0.251 e. The van der Waals surface area contributed by atoms with Gasteiger partial charge < -0.3 is 15.3 Å². The van der Waals surface area contributed by atoms with Crippen molar-refractivity contribution in [3.63, 3.8) is 0 Å². The van der Waals surface area contributed by atoms with Crippen LogP contribution in [0.5, 0.6) is 0 Å². The summed E-state index contributed by atoms with van der Waals surface area (Å²) >= 11 is 0. The topological polar surface area (TPSA) is 69.6 Å². The van der Waals surface area contributed by atoms with Gasteiger partial charge in [-0.05, 0) is 44.7 Å². The highest BCUT2D eigenvalue weighted by atomic mass is 16.3. The van der Waals surface area contributed by atoms with Crippen molar-refractivity contribution in [1.82, 2.24) is 10.2 Å². The molecule has 138 valence electrons. The van der Waals surface area contributed by atoms with Crippen molar-refractivity contribution in [3.8, 4) is 0 Å². The lowest BCUT2D eigenvalue weighted by Gasteiger charge is -2.37.